The SMILES string of the molecule is CCCCC/C=C\C/C=C\CCCCCCCCCCCC(=O)OC(COCCCCCCCC/C=C\CCCCCC)COC1OC(COC2OC(CO)C(O)C(O)C2O)C(O)C(O)C1O. The maximum absolute atomic E-state index is 13.0. The van der Waals surface area contributed by atoms with E-state index in [9.17, 15) is 40.5 Å². The third-order valence-electron chi connectivity index (χ3n) is 12.6. The molecule has 0 spiro atoms. The van der Waals surface area contributed by atoms with Crippen LogP contribution in [0.2, 0.25) is 0 Å². The molecule has 0 amide bonds. The van der Waals surface area contributed by atoms with Gasteiger partial charge in [-0.25, -0.2) is 0 Å². The molecule has 0 bridgehead atoms. The first kappa shape index (κ1) is 61.3. The van der Waals surface area contributed by atoms with Gasteiger partial charge in [-0.3, -0.25) is 4.79 Å². The standard InChI is InChI=1S/C53H96O14/c1-3-5-7-9-11-13-15-17-19-20-21-22-23-24-26-28-30-32-34-36-45(55)65-42(39-62-37-35-33-31-29-27-25-18-16-14-12-10-8-6-4-2)40-63-52-51(61)49(59)47(57)44(67-52)41-64-53-50(60)48(58)46(56)43(38-54)66-53/h11,13-14,16-17,19,42-44,46-54,56-61H,3-10,12,15,18,20-41H2,1-2H3/b13-11-,16-14-,19-17-. The number of esters is 1. The van der Waals surface area contributed by atoms with Crippen molar-refractivity contribution in [2.75, 3.05) is 33.0 Å². The van der Waals surface area contributed by atoms with E-state index in [2.05, 4.69) is 50.3 Å². The molecule has 0 aromatic carbocycles. The molecule has 2 rings (SSSR count). The summed E-state index contributed by atoms with van der Waals surface area (Å²) >= 11 is 0. The number of carbonyl (C=O) groups is 1. The lowest BCUT2D eigenvalue weighted by Crippen LogP contribution is -2.61. The molecule has 0 saturated carbocycles. The summed E-state index contributed by atoms with van der Waals surface area (Å²) in [4.78, 5) is 13.0. The van der Waals surface area contributed by atoms with Crippen molar-refractivity contribution < 1.29 is 69.0 Å². The Morgan fingerprint density at radius 3 is 1.48 bits per heavy atom. The minimum Gasteiger partial charge on any atom is -0.457 e. The van der Waals surface area contributed by atoms with Crippen LogP contribution < -0.4 is 0 Å². The van der Waals surface area contributed by atoms with E-state index in [4.69, 9.17) is 28.4 Å². The quantitative estimate of drug-likeness (QED) is 0.0175. The molecule has 2 fully saturated rings. The molecule has 67 heavy (non-hydrogen) atoms. The summed E-state index contributed by atoms with van der Waals surface area (Å²) in [7, 11) is 0. The highest BCUT2D eigenvalue weighted by Gasteiger charge is 2.47. The molecule has 14 nitrogen and oxygen atoms in total. The molecule has 2 aliphatic heterocycles. The highest BCUT2D eigenvalue weighted by Crippen LogP contribution is 2.26. The van der Waals surface area contributed by atoms with Crippen molar-refractivity contribution >= 4 is 5.97 Å². The van der Waals surface area contributed by atoms with E-state index in [-0.39, 0.29) is 25.6 Å². The van der Waals surface area contributed by atoms with Crippen LogP contribution in [-0.4, -0.2) is 142 Å². The van der Waals surface area contributed by atoms with Crippen LogP contribution in [0.4, 0.5) is 0 Å². The van der Waals surface area contributed by atoms with Crippen molar-refractivity contribution in [1.29, 1.82) is 0 Å². The predicted molar refractivity (Wildman–Crippen MR) is 261 cm³/mol. The summed E-state index contributed by atoms with van der Waals surface area (Å²) in [5, 5.41) is 72.1. The highest BCUT2D eigenvalue weighted by atomic mass is 16.7. The van der Waals surface area contributed by atoms with E-state index < -0.39 is 80.7 Å². The second-order valence-corrected chi connectivity index (χ2v) is 18.7. The van der Waals surface area contributed by atoms with Gasteiger partial charge in [0, 0.05) is 13.0 Å². The van der Waals surface area contributed by atoms with Gasteiger partial charge in [0.2, 0.25) is 0 Å². The zero-order valence-electron chi connectivity index (χ0n) is 41.6. The molecule has 2 aliphatic rings. The lowest BCUT2D eigenvalue weighted by Gasteiger charge is -2.42. The van der Waals surface area contributed by atoms with E-state index in [1.165, 1.54) is 109 Å². The number of rotatable bonds is 42. The summed E-state index contributed by atoms with van der Waals surface area (Å²) in [6, 6.07) is 0. The monoisotopic (exact) mass is 957 g/mol. The van der Waals surface area contributed by atoms with Gasteiger partial charge in [-0.15, -0.1) is 0 Å². The summed E-state index contributed by atoms with van der Waals surface area (Å²) in [5.41, 5.74) is 0. The molecule has 392 valence electrons. The van der Waals surface area contributed by atoms with Crippen LogP contribution in [-0.2, 0) is 33.2 Å². The largest absolute Gasteiger partial charge is 0.457 e. The van der Waals surface area contributed by atoms with E-state index >= 15 is 0 Å². The van der Waals surface area contributed by atoms with Crippen LogP contribution in [0.5, 0.6) is 0 Å². The van der Waals surface area contributed by atoms with Crippen LogP contribution in [0.1, 0.15) is 194 Å². The molecule has 7 N–H and O–H groups in total. The van der Waals surface area contributed by atoms with Crippen molar-refractivity contribution in [2.24, 2.45) is 0 Å². The molecule has 0 aromatic heterocycles. The molecular weight excluding hydrogens is 861 g/mol. The topological polar surface area (TPSA) is 214 Å². The van der Waals surface area contributed by atoms with Gasteiger partial charge in [0.1, 0.15) is 54.9 Å². The maximum atomic E-state index is 13.0. The molecule has 14 heteroatoms. The van der Waals surface area contributed by atoms with Gasteiger partial charge < -0.3 is 64.2 Å². The Kier molecular flexibility index (Phi) is 37.4. The summed E-state index contributed by atoms with van der Waals surface area (Å²) < 4.78 is 34.3. The lowest BCUT2D eigenvalue weighted by molar-refractivity contribution is -0.332. The number of aliphatic hydroxyl groups excluding tert-OH is 7. The highest BCUT2D eigenvalue weighted by molar-refractivity contribution is 5.69. The normalized spacial score (nSPS) is 26.3. The predicted octanol–water partition coefficient (Wildman–Crippen LogP) is 8.19. The lowest BCUT2D eigenvalue weighted by atomic mass is 9.98. The van der Waals surface area contributed by atoms with Gasteiger partial charge in [-0.2, -0.15) is 0 Å². The molecule has 2 heterocycles. The molecule has 11 atom stereocenters. The number of ether oxygens (including phenoxy) is 6. The summed E-state index contributed by atoms with van der Waals surface area (Å²) in [6.07, 6.45) is 29.1. The number of allylic oxidation sites excluding steroid dienone is 6. The molecule has 0 aliphatic carbocycles. The Morgan fingerprint density at radius 1 is 0.493 bits per heavy atom. The average Bonchev–Trinajstić information content (AvgIpc) is 3.32. The van der Waals surface area contributed by atoms with E-state index in [1.54, 1.807) is 0 Å². The van der Waals surface area contributed by atoms with Crippen molar-refractivity contribution in [3.8, 4) is 0 Å². The van der Waals surface area contributed by atoms with Gasteiger partial charge in [0.05, 0.1) is 26.4 Å². The third-order valence-corrected chi connectivity index (χ3v) is 12.6. The Labute approximate surface area is 404 Å². The fourth-order valence-corrected chi connectivity index (χ4v) is 8.25. The van der Waals surface area contributed by atoms with Crippen LogP contribution in [0.25, 0.3) is 0 Å². The van der Waals surface area contributed by atoms with E-state index in [1.807, 2.05) is 0 Å². The maximum Gasteiger partial charge on any atom is 0.306 e. The van der Waals surface area contributed by atoms with Crippen LogP contribution in [0, 0.1) is 0 Å². The van der Waals surface area contributed by atoms with Gasteiger partial charge in [0.25, 0.3) is 0 Å². The first-order chi connectivity index (χ1) is 32.6. The van der Waals surface area contributed by atoms with E-state index in [0.29, 0.717) is 13.0 Å². The average molecular weight is 957 g/mol. The molecule has 0 radical (unpaired) electrons. The second kappa shape index (κ2) is 40.9. The second-order valence-electron chi connectivity index (χ2n) is 18.7. The number of aliphatic hydroxyl groups is 7. The minimum atomic E-state index is -1.71. The number of hydrogen-bond acceptors (Lipinski definition) is 14. The molecule has 0 aromatic rings. The van der Waals surface area contributed by atoms with Crippen molar-refractivity contribution in [2.45, 2.75) is 261 Å². The summed E-state index contributed by atoms with van der Waals surface area (Å²) in [6.45, 7) is 3.64. The third kappa shape index (κ3) is 28.6. The fourth-order valence-electron chi connectivity index (χ4n) is 8.25. The van der Waals surface area contributed by atoms with Crippen molar-refractivity contribution in [3.05, 3.63) is 36.5 Å². The first-order valence-corrected chi connectivity index (χ1v) is 26.6. The summed E-state index contributed by atoms with van der Waals surface area (Å²) in [5.74, 6) is -0.382. The zero-order chi connectivity index (χ0) is 48.7. The number of carbonyl (C=O) groups excluding carboxylic acids is 1. The Morgan fingerprint density at radius 2 is 0.925 bits per heavy atom. The van der Waals surface area contributed by atoms with Gasteiger partial charge >= 0.3 is 5.97 Å². The zero-order valence-corrected chi connectivity index (χ0v) is 41.6. The Bertz CT molecular complexity index is 1250. The van der Waals surface area contributed by atoms with Gasteiger partial charge in [-0.05, 0) is 70.6 Å². The molecule has 2 saturated heterocycles. The van der Waals surface area contributed by atoms with Crippen molar-refractivity contribution in [3.63, 3.8) is 0 Å². The van der Waals surface area contributed by atoms with Crippen molar-refractivity contribution in [1.82, 2.24) is 0 Å². The number of unbranched alkanes of at least 4 members (excludes halogenated alkanes) is 22. The van der Waals surface area contributed by atoms with Crippen LogP contribution >= 0.6 is 0 Å². The van der Waals surface area contributed by atoms with Crippen LogP contribution in [0.15, 0.2) is 36.5 Å². The Balaban J connectivity index is 1.75. The van der Waals surface area contributed by atoms with Gasteiger partial charge in [-0.1, -0.05) is 153 Å². The van der Waals surface area contributed by atoms with Gasteiger partial charge in [0.15, 0.2) is 12.6 Å². The Hall–Kier alpha value is -1.79. The smallest absolute Gasteiger partial charge is 0.306 e. The van der Waals surface area contributed by atoms with E-state index in [0.717, 1.165) is 57.8 Å². The minimum absolute atomic E-state index is 0.0565. The molecule has 11 unspecified atom stereocenters. The number of hydrogen-bond donors (Lipinski definition) is 7. The fraction of sp³-hybridized carbons (Fsp3) is 0.868. The van der Waals surface area contributed by atoms with Crippen LogP contribution in [0.3, 0.4) is 0 Å². The molecular formula is C53H96O14. The first-order valence-electron chi connectivity index (χ1n) is 26.6.